The quantitative estimate of drug-likeness (QED) is 0.273. The predicted octanol–water partition coefficient (Wildman–Crippen LogP) is -8.99. The predicted molar refractivity (Wildman–Crippen MR) is 0 cm³/mol. The van der Waals surface area contributed by atoms with Gasteiger partial charge in [0, 0.05) is 40.4 Å². The normalized spacial score (nSPS) is 0. The van der Waals surface area contributed by atoms with Crippen LogP contribution in [0.5, 0.6) is 0 Å². The first-order valence-electron chi connectivity index (χ1n) is 0. The van der Waals surface area contributed by atoms with Gasteiger partial charge in [-0.2, -0.15) is 0 Å². The minimum Gasteiger partial charge on any atom is -1.00 e. The van der Waals surface area contributed by atoms with Crippen LogP contribution in [-0.2, 0) is 0 Å². The van der Waals surface area contributed by atoms with Crippen LogP contribution in [0, 0.1) is 40.4 Å². The van der Waals surface area contributed by atoms with Gasteiger partial charge in [-0.05, 0) is 0 Å². The summed E-state index contributed by atoms with van der Waals surface area (Å²) in [5, 5.41) is 0. The topological polar surface area (TPSA) is 0 Å². The van der Waals surface area contributed by atoms with Crippen molar-refractivity contribution < 1.29 is 112 Å². The summed E-state index contributed by atoms with van der Waals surface area (Å²) in [6.45, 7) is 0. The molecule has 0 rings (SSSR count). The zero-order valence-corrected chi connectivity index (χ0v) is 10.6. The van der Waals surface area contributed by atoms with Gasteiger partial charge in [0.15, 0.2) is 0 Å². The van der Waals surface area contributed by atoms with Gasteiger partial charge >= 0.3 is 0 Å². The maximum Gasteiger partial charge on any atom is 0 e. The maximum atomic E-state index is 0. The third-order valence-electron chi connectivity index (χ3n) is 0. The van der Waals surface area contributed by atoms with E-state index in [0.717, 1.165) is 0 Å². The average molecular weight is 531 g/mol. The van der Waals surface area contributed by atoms with E-state index in [-0.39, 0.29) is 112 Å². The maximum absolute atomic E-state index is 0. The molecule has 0 aliphatic heterocycles. The summed E-state index contributed by atoms with van der Waals surface area (Å²) in [7, 11) is 0. The molecule has 0 aliphatic carbocycles. The van der Waals surface area contributed by atoms with Crippen LogP contribution in [0.15, 0.2) is 0 Å². The summed E-state index contributed by atoms with van der Waals surface area (Å²) >= 11 is 0. The zero-order chi connectivity index (χ0) is 0. The number of halogens is 3. The third-order valence-corrected chi connectivity index (χ3v) is 0. The van der Waals surface area contributed by atoms with Gasteiger partial charge in [-0.1, -0.05) is 0 Å². The Balaban J connectivity index is 0. The molecule has 0 spiro atoms. The SMILES string of the molecule is [I-].[I-].[I-].[Sm]. The van der Waals surface area contributed by atoms with Crippen LogP contribution in [0.4, 0.5) is 0 Å². The largest absolute Gasteiger partial charge is 1.00 e. The second-order valence-electron chi connectivity index (χ2n) is 0. The fraction of sp³-hybridized carbons (Fsp3) is 0. The third kappa shape index (κ3) is 9.11. The van der Waals surface area contributed by atoms with Crippen molar-refractivity contribution >= 4 is 0 Å². The first-order chi connectivity index (χ1) is 0. The smallest absolute Gasteiger partial charge is 0 e. The van der Waals surface area contributed by atoms with E-state index < -0.39 is 0 Å². The van der Waals surface area contributed by atoms with E-state index in [9.17, 15) is 0 Å². The Bertz CT molecular complexity index is 3.25. The van der Waals surface area contributed by atoms with Crippen molar-refractivity contribution in [2.45, 2.75) is 0 Å². The number of hydrogen-bond acceptors (Lipinski definition) is 0. The molecule has 4 heteroatoms. The van der Waals surface area contributed by atoms with Crippen molar-refractivity contribution in [2.75, 3.05) is 0 Å². The van der Waals surface area contributed by atoms with Gasteiger partial charge in [0.2, 0.25) is 0 Å². The van der Waals surface area contributed by atoms with Crippen LogP contribution in [0.2, 0.25) is 0 Å². The molecule has 0 bridgehead atoms. The number of rotatable bonds is 0. The first-order valence-corrected chi connectivity index (χ1v) is 0. The summed E-state index contributed by atoms with van der Waals surface area (Å²) in [5.41, 5.74) is 0. The molecule has 0 aliphatic rings. The van der Waals surface area contributed by atoms with E-state index in [1.54, 1.807) is 0 Å². The van der Waals surface area contributed by atoms with Gasteiger partial charge in [-0.15, -0.1) is 0 Å². The molecule has 0 saturated carbocycles. The van der Waals surface area contributed by atoms with E-state index in [0.29, 0.717) is 0 Å². The minimum atomic E-state index is 0. The number of hydrogen-bond donors (Lipinski definition) is 0. The Hall–Kier alpha value is 3.53. The van der Waals surface area contributed by atoms with E-state index in [2.05, 4.69) is 0 Å². The van der Waals surface area contributed by atoms with Crippen molar-refractivity contribution in [2.24, 2.45) is 0 Å². The van der Waals surface area contributed by atoms with E-state index >= 15 is 0 Å². The molecule has 0 aromatic heterocycles. The first kappa shape index (κ1) is 25.8. The summed E-state index contributed by atoms with van der Waals surface area (Å²) in [4.78, 5) is 0. The molecule has 0 N–H and O–H groups in total. The minimum absolute atomic E-state index is 0. The van der Waals surface area contributed by atoms with Gasteiger partial charge in [0.1, 0.15) is 0 Å². The standard InChI is InChI=1S/3HI.Sm/h3*1H;/p-3. The monoisotopic (exact) mass is 533 g/mol. The Labute approximate surface area is 109 Å². The molecule has 0 fully saturated rings. The van der Waals surface area contributed by atoms with Gasteiger partial charge in [-0.3, -0.25) is 0 Å². The van der Waals surface area contributed by atoms with Gasteiger partial charge < -0.3 is 71.9 Å². The molecule has 0 heterocycles. The van der Waals surface area contributed by atoms with Crippen molar-refractivity contribution in [1.82, 2.24) is 0 Å². The molecule has 4 heavy (non-hydrogen) atoms. The molecule has 0 amide bonds. The Morgan fingerprint density at radius 1 is 0.500 bits per heavy atom. The molecule has 0 unspecified atom stereocenters. The van der Waals surface area contributed by atoms with Crippen molar-refractivity contribution in [3.63, 3.8) is 0 Å². The average Bonchev–Trinajstić information content (AvgIpc) is 0. The van der Waals surface area contributed by atoms with Gasteiger partial charge in [-0.25, -0.2) is 0 Å². The fourth-order valence-corrected chi connectivity index (χ4v) is 0. The van der Waals surface area contributed by atoms with Crippen LogP contribution in [0.25, 0.3) is 0 Å². The molecule has 0 nitrogen and oxygen atoms in total. The molecule has 0 saturated heterocycles. The van der Waals surface area contributed by atoms with E-state index in [1.165, 1.54) is 0 Å². The molecular weight excluding hydrogens is 531 g/mol. The van der Waals surface area contributed by atoms with Crippen molar-refractivity contribution in [3.05, 3.63) is 0 Å². The van der Waals surface area contributed by atoms with Crippen LogP contribution < -0.4 is 71.9 Å². The van der Waals surface area contributed by atoms with Crippen LogP contribution in [0.1, 0.15) is 0 Å². The van der Waals surface area contributed by atoms with E-state index in [4.69, 9.17) is 0 Å². The Morgan fingerprint density at radius 3 is 0.500 bits per heavy atom. The Morgan fingerprint density at radius 2 is 0.500 bits per heavy atom. The second kappa shape index (κ2) is 16.0. The van der Waals surface area contributed by atoms with E-state index in [1.807, 2.05) is 0 Å². The summed E-state index contributed by atoms with van der Waals surface area (Å²) in [5.74, 6) is 0. The molecule has 0 radical (unpaired) electrons. The Kier molecular flexibility index (Phi) is 103. The van der Waals surface area contributed by atoms with Crippen LogP contribution >= 0.6 is 0 Å². The van der Waals surface area contributed by atoms with Crippen molar-refractivity contribution in [3.8, 4) is 0 Å². The summed E-state index contributed by atoms with van der Waals surface area (Å²) < 4.78 is 0. The fourth-order valence-electron chi connectivity index (χ4n) is 0. The second-order valence-corrected chi connectivity index (χ2v) is 0. The van der Waals surface area contributed by atoms with Crippen molar-refractivity contribution in [1.29, 1.82) is 0 Å². The summed E-state index contributed by atoms with van der Waals surface area (Å²) in [6, 6.07) is 0. The van der Waals surface area contributed by atoms with Gasteiger partial charge in [0.05, 0.1) is 0 Å². The molecule has 0 aromatic carbocycles. The van der Waals surface area contributed by atoms with Crippen LogP contribution in [-0.4, -0.2) is 0 Å². The molecule has 30 valence electrons. The van der Waals surface area contributed by atoms with Gasteiger partial charge in [0.25, 0.3) is 0 Å². The molecule has 0 atom stereocenters. The molecular formula is I3Sm-3. The van der Waals surface area contributed by atoms with Crippen LogP contribution in [0.3, 0.4) is 0 Å². The zero-order valence-electron chi connectivity index (χ0n) is 1.54. The summed E-state index contributed by atoms with van der Waals surface area (Å²) in [6.07, 6.45) is 0. The molecule has 0 aromatic rings.